The quantitative estimate of drug-likeness (QED) is 0.922. The van der Waals surface area contributed by atoms with Gasteiger partial charge in [-0.25, -0.2) is 4.79 Å². The summed E-state index contributed by atoms with van der Waals surface area (Å²) in [5.41, 5.74) is -0.378. The van der Waals surface area contributed by atoms with E-state index in [1.54, 1.807) is 4.57 Å². The maximum Gasteiger partial charge on any atom is 0.341 e. The molecule has 0 bridgehead atoms. The van der Waals surface area contributed by atoms with Crippen LogP contribution >= 0.6 is 23.2 Å². The maximum absolute atomic E-state index is 12.1. The largest absolute Gasteiger partial charge is 0.477 e. The average molecular weight is 300 g/mol. The number of benzene rings is 1. The fraction of sp³-hybridized carbons (Fsp3) is 0.231. The third kappa shape index (κ3) is 2.22. The van der Waals surface area contributed by atoms with Crippen molar-refractivity contribution in [2.45, 2.75) is 19.9 Å². The van der Waals surface area contributed by atoms with Crippen LogP contribution < -0.4 is 5.43 Å². The number of halogens is 2. The molecule has 0 aliphatic carbocycles. The SMILES string of the molecule is CC(C)n1cc(C(=O)O)c(=O)c2ccc(Cl)c(Cl)c21. The lowest BCUT2D eigenvalue weighted by Gasteiger charge is -2.17. The standard InChI is InChI=1S/C13H11Cl2NO3/c1-6(2)16-5-8(13(18)19)12(17)7-3-4-9(14)10(15)11(7)16/h3-6H,1-2H3,(H,18,19). The summed E-state index contributed by atoms with van der Waals surface area (Å²) in [4.78, 5) is 23.2. The molecule has 0 radical (unpaired) electrons. The minimum Gasteiger partial charge on any atom is -0.477 e. The highest BCUT2D eigenvalue weighted by atomic mass is 35.5. The molecule has 1 N–H and O–H groups in total. The third-order valence-corrected chi connectivity index (χ3v) is 3.67. The smallest absolute Gasteiger partial charge is 0.341 e. The number of aromatic carboxylic acids is 1. The first kappa shape index (κ1) is 13.9. The van der Waals surface area contributed by atoms with Crippen LogP contribution in [0.5, 0.6) is 0 Å². The Hall–Kier alpha value is -1.52. The lowest BCUT2D eigenvalue weighted by atomic mass is 10.1. The predicted molar refractivity (Wildman–Crippen MR) is 75.6 cm³/mol. The van der Waals surface area contributed by atoms with Crippen LogP contribution in [0, 0.1) is 0 Å². The molecule has 0 spiro atoms. The first-order chi connectivity index (χ1) is 8.84. The molecule has 0 aliphatic heterocycles. The number of carbonyl (C=O) groups is 1. The Bertz CT molecular complexity index is 735. The molecule has 100 valence electrons. The van der Waals surface area contributed by atoms with E-state index in [0.717, 1.165) is 0 Å². The Morgan fingerprint density at radius 3 is 2.47 bits per heavy atom. The fourth-order valence-corrected chi connectivity index (χ4v) is 2.36. The van der Waals surface area contributed by atoms with E-state index in [1.165, 1.54) is 18.3 Å². The Kier molecular flexibility index (Phi) is 3.56. The molecule has 6 heteroatoms. The van der Waals surface area contributed by atoms with Gasteiger partial charge >= 0.3 is 5.97 Å². The van der Waals surface area contributed by atoms with E-state index < -0.39 is 11.4 Å². The molecule has 0 saturated carbocycles. The molecule has 4 nitrogen and oxygen atoms in total. The Morgan fingerprint density at radius 1 is 1.32 bits per heavy atom. The van der Waals surface area contributed by atoms with Crippen molar-refractivity contribution in [3.63, 3.8) is 0 Å². The van der Waals surface area contributed by atoms with E-state index in [9.17, 15) is 9.59 Å². The summed E-state index contributed by atoms with van der Waals surface area (Å²) in [6.07, 6.45) is 1.31. The number of hydrogen-bond donors (Lipinski definition) is 1. The highest BCUT2D eigenvalue weighted by molar-refractivity contribution is 6.45. The van der Waals surface area contributed by atoms with E-state index in [2.05, 4.69) is 0 Å². The number of pyridine rings is 1. The molecule has 0 saturated heterocycles. The molecule has 1 heterocycles. The van der Waals surface area contributed by atoms with Crippen molar-refractivity contribution in [2.75, 3.05) is 0 Å². The van der Waals surface area contributed by atoms with Gasteiger partial charge in [0.1, 0.15) is 5.56 Å². The van der Waals surface area contributed by atoms with Gasteiger partial charge in [0.2, 0.25) is 5.43 Å². The van der Waals surface area contributed by atoms with Gasteiger partial charge < -0.3 is 9.67 Å². The molecule has 2 rings (SSSR count). The molecular weight excluding hydrogens is 289 g/mol. The van der Waals surface area contributed by atoms with Crippen molar-refractivity contribution >= 4 is 40.1 Å². The zero-order valence-corrected chi connectivity index (χ0v) is 11.8. The average Bonchev–Trinajstić information content (AvgIpc) is 2.33. The second-order valence-corrected chi connectivity index (χ2v) is 5.22. The van der Waals surface area contributed by atoms with Gasteiger partial charge in [-0.15, -0.1) is 0 Å². The molecule has 1 aromatic carbocycles. The Labute approximate surface area is 119 Å². The van der Waals surface area contributed by atoms with E-state index in [0.29, 0.717) is 10.5 Å². The molecular formula is C13H11Cl2NO3. The Balaban J connectivity index is 3.06. The second-order valence-electron chi connectivity index (χ2n) is 4.44. The highest BCUT2D eigenvalue weighted by Gasteiger charge is 2.18. The van der Waals surface area contributed by atoms with Crippen LogP contribution in [0.2, 0.25) is 10.0 Å². The minimum atomic E-state index is -1.26. The summed E-state index contributed by atoms with van der Waals surface area (Å²) < 4.78 is 1.65. The number of carboxylic acid groups (broad SMARTS) is 1. The van der Waals surface area contributed by atoms with Crippen molar-refractivity contribution < 1.29 is 9.90 Å². The number of rotatable bonds is 2. The van der Waals surface area contributed by atoms with Crippen LogP contribution in [0.4, 0.5) is 0 Å². The molecule has 0 unspecified atom stereocenters. The third-order valence-electron chi connectivity index (χ3n) is 2.87. The van der Waals surface area contributed by atoms with Crippen LogP contribution in [-0.4, -0.2) is 15.6 Å². The maximum atomic E-state index is 12.1. The summed E-state index contributed by atoms with van der Waals surface area (Å²) in [6.45, 7) is 3.74. The first-order valence-corrected chi connectivity index (χ1v) is 6.36. The predicted octanol–water partition coefficient (Wildman–Crippen LogP) is 3.59. The van der Waals surface area contributed by atoms with Gasteiger partial charge in [0.25, 0.3) is 0 Å². The van der Waals surface area contributed by atoms with Gasteiger partial charge in [0.05, 0.1) is 15.6 Å². The van der Waals surface area contributed by atoms with Crippen LogP contribution in [0.15, 0.2) is 23.1 Å². The van der Waals surface area contributed by atoms with Crippen LogP contribution in [-0.2, 0) is 0 Å². The zero-order chi connectivity index (χ0) is 14.3. The van der Waals surface area contributed by atoms with Crippen LogP contribution in [0.1, 0.15) is 30.2 Å². The molecule has 19 heavy (non-hydrogen) atoms. The first-order valence-electron chi connectivity index (χ1n) is 5.60. The summed E-state index contributed by atoms with van der Waals surface area (Å²) in [5.74, 6) is -1.26. The number of hydrogen-bond acceptors (Lipinski definition) is 2. The van der Waals surface area contributed by atoms with E-state index in [1.807, 2.05) is 13.8 Å². The van der Waals surface area contributed by atoms with Gasteiger partial charge in [-0.2, -0.15) is 0 Å². The fourth-order valence-electron chi connectivity index (χ4n) is 1.94. The molecule has 0 aliphatic rings. The number of aromatic nitrogens is 1. The lowest BCUT2D eigenvalue weighted by molar-refractivity contribution is 0.0695. The monoisotopic (exact) mass is 299 g/mol. The summed E-state index contributed by atoms with van der Waals surface area (Å²) >= 11 is 12.1. The van der Waals surface area contributed by atoms with E-state index in [-0.39, 0.29) is 22.0 Å². The summed E-state index contributed by atoms with van der Waals surface area (Å²) in [7, 11) is 0. The van der Waals surface area contributed by atoms with Crippen molar-refractivity contribution in [2.24, 2.45) is 0 Å². The normalized spacial score (nSPS) is 11.2. The lowest BCUT2D eigenvalue weighted by Crippen LogP contribution is -2.20. The second kappa shape index (κ2) is 4.87. The Morgan fingerprint density at radius 2 is 1.95 bits per heavy atom. The summed E-state index contributed by atoms with van der Waals surface area (Å²) in [5, 5.41) is 9.91. The van der Waals surface area contributed by atoms with Crippen LogP contribution in [0.3, 0.4) is 0 Å². The number of fused-ring (bicyclic) bond motifs is 1. The van der Waals surface area contributed by atoms with Crippen molar-refractivity contribution in [3.8, 4) is 0 Å². The molecule has 0 atom stereocenters. The van der Waals surface area contributed by atoms with E-state index >= 15 is 0 Å². The van der Waals surface area contributed by atoms with Gasteiger partial charge in [0.15, 0.2) is 0 Å². The number of carboxylic acids is 1. The topological polar surface area (TPSA) is 59.3 Å². The van der Waals surface area contributed by atoms with Crippen molar-refractivity contribution in [3.05, 3.63) is 44.2 Å². The molecule has 0 amide bonds. The van der Waals surface area contributed by atoms with Crippen molar-refractivity contribution in [1.29, 1.82) is 0 Å². The molecule has 1 aromatic heterocycles. The van der Waals surface area contributed by atoms with Crippen molar-refractivity contribution in [1.82, 2.24) is 4.57 Å². The van der Waals surface area contributed by atoms with Gasteiger partial charge in [0, 0.05) is 17.6 Å². The van der Waals surface area contributed by atoms with Gasteiger partial charge in [-0.1, -0.05) is 23.2 Å². The van der Waals surface area contributed by atoms with Gasteiger partial charge in [-0.3, -0.25) is 4.79 Å². The number of nitrogens with zero attached hydrogens (tertiary/aromatic N) is 1. The highest BCUT2D eigenvalue weighted by Crippen LogP contribution is 2.31. The molecule has 2 aromatic rings. The zero-order valence-electron chi connectivity index (χ0n) is 10.3. The van der Waals surface area contributed by atoms with Crippen LogP contribution in [0.25, 0.3) is 10.9 Å². The van der Waals surface area contributed by atoms with Gasteiger partial charge in [-0.05, 0) is 26.0 Å². The van der Waals surface area contributed by atoms with E-state index in [4.69, 9.17) is 28.3 Å². The molecule has 0 fully saturated rings. The minimum absolute atomic E-state index is 0.0582. The summed E-state index contributed by atoms with van der Waals surface area (Å²) in [6, 6.07) is 2.93.